The number of carbonyl (C=O) groups excluding carboxylic acids is 1. The van der Waals surface area contributed by atoms with Gasteiger partial charge in [-0.05, 0) is 68.3 Å². The Morgan fingerprint density at radius 1 is 0.848 bits per heavy atom. The van der Waals surface area contributed by atoms with Crippen molar-refractivity contribution < 1.29 is 17.6 Å². The first-order valence-corrected chi connectivity index (χ1v) is 11.7. The van der Waals surface area contributed by atoms with Crippen LogP contribution in [0.15, 0.2) is 87.2 Å². The van der Waals surface area contributed by atoms with Crippen LogP contribution in [0.25, 0.3) is 11.0 Å². The Balaban J connectivity index is 1.75. The number of sulfonamides is 1. The van der Waals surface area contributed by atoms with Crippen LogP contribution in [0.3, 0.4) is 0 Å². The zero-order valence-electron chi connectivity index (χ0n) is 18.4. The second-order valence-electron chi connectivity index (χ2n) is 7.85. The zero-order chi connectivity index (χ0) is 23.6. The van der Waals surface area contributed by atoms with E-state index in [4.69, 9.17) is 4.42 Å². The molecule has 4 aromatic rings. The molecule has 1 aromatic heterocycles. The molecule has 0 aliphatic rings. The summed E-state index contributed by atoms with van der Waals surface area (Å²) in [6, 6.07) is 20.8. The van der Waals surface area contributed by atoms with Gasteiger partial charge in [-0.15, -0.1) is 5.10 Å². The van der Waals surface area contributed by atoms with Crippen molar-refractivity contribution in [3.05, 3.63) is 101 Å². The summed E-state index contributed by atoms with van der Waals surface area (Å²) in [7, 11) is -3.95. The molecule has 0 fully saturated rings. The molecule has 0 saturated carbocycles. The second kappa shape index (κ2) is 8.91. The summed E-state index contributed by atoms with van der Waals surface area (Å²) in [5.41, 5.74) is 3.98. The van der Waals surface area contributed by atoms with Gasteiger partial charge in [0, 0.05) is 11.1 Å². The SMILES string of the molecule is Cc1ccc(S(=O)(=O)N/N=c2\oc3ccccc3cc2C(=O)Nc2cc(C)cc(C)c2)cc1. The van der Waals surface area contributed by atoms with Gasteiger partial charge in [0.2, 0.25) is 5.55 Å². The lowest BCUT2D eigenvalue weighted by Crippen LogP contribution is -2.27. The highest BCUT2D eigenvalue weighted by Crippen LogP contribution is 2.17. The monoisotopic (exact) mass is 461 g/mol. The summed E-state index contributed by atoms with van der Waals surface area (Å²) in [6.45, 7) is 5.74. The van der Waals surface area contributed by atoms with Crippen molar-refractivity contribution in [3.63, 3.8) is 0 Å². The van der Waals surface area contributed by atoms with Gasteiger partial charge in [0.1, 0.15) is 11.1 Å². The van der Waals surface area contributed by atoms with Crippen LogP contribution in [0, 0.1) is 20.8 Å². The van der Waals surface area contributed by atoms with Crippen LogP contribution >= 0.6 is 0 Å². The fourth-order valence-corrected chi connectivity index (χ4v) is 4.23. The quantitative estimate of drug-likeness (QED) is 0.430. The third kappa shape index (κ3) is 5.12. The lowest BCUT2D eigenvalue weighted by Gasteiger charge is -2.09. The summed E-state index contributed by atoms with van der Waals surface area (Å²) in [5.74, 6) is -0.470. The van der Waals surface area contributed by atoms with Crippen molar-refractivity contribution in [2.75, 3.05) is 5.32 Å². The molecule has 1 amide bonds. The topological polar surface area (TPSA) is 101 Å². The molecule has 7 nitrogen and oxygen atoms in total. The second-order valence-corrected chi connectivity index (χ2v) is 9.51. The summed E-state index contributed by atoms with van der Waals surface area (Å²) < 4.78 is 31.2. The number of carbonyl (C=O) groups is 1. The van der Waals surface area contributed by atoms with E-state index in [2.05, 4.69) is 15.2 Å². The van der Waals surface area contributed by atoms with Gasteiger partial charge in [0.05, 0.1) is 4.90 Å². The van der Waals surface area contributed by atoms with E-state index >= 15 is 0 Å². The summed E-state index contributed by atoms with van der Waals surface area (Å²) in [5, 5.41) is 7.49. The van der Waals surface area contributed by atoms with Gasteiger partial charge in [0.15, 0.2) is 0 Å². The molecule has 33 heavy (non-hydrogen) atoms. The van der Waals surface area contributed by atoms with E-state index in [1.807, 2.05) is 45.0 Å². The van der Waals surface area contributed by atoms with Gasteiger partial charge in [-0.2, -0.15) is 13.2 Å². The molecule has 0 spiro atoms. The smallest absolute Gasteiger partial charge is 0.276 e. The molecule has 0 unspecified atom stereocenters. The van der Waals surface area contributed by atoms with Crippen molar-refractivity contribution in [2.45, 2.75) is 25.7 Å². The molecular weight excluding hydrogens is 438 g/mol. The van der Waals surface area contributed by atoms with E-state index in [-0.39, 0.29) is 16.0 Å². The van der Waals surface area contributed by atoms with E-state index < -0.39 is 15.9 Å². The lowest BCUT2D eigenvalue weighted by atomic mass is 10.1. The minimum atomic E-state index is -3.95. The maximum Gasteiger partial charge on any atom is 0.276 e. The molecule has 0 saturated heterocycles. The Kier molecular flexibility index (Phi) is 6.02. The maximum atomic E-state index is 13.1. The first-order valence-electron chi connectivity index (χ1n) is 10.3. The highest BCUT2D eigenvalue weighted by molar-refractivity contribution is 7.89. The van der Waals surface area contributed by atoms with Gasteiger partial charge < -0.3 is 9.73 Å². The van der Waals surface area contributed by atoms with Gasteiger partial charge >= 0.3 is 0 Å². The van der Waals surface area contributed by atoms with Crippen molar-refractivity contribution >= 4 is 32.6 Å². The van der Waals surface area contributed by atoms with Crippen LogP contribution in [-0.2, 0) is 10.0 Å². The van der Waals surface area contributed by atoms with E-state index in [0.717, 1.165) is 16.7 Å². The average molecular weight is 462 g/mol. The number of amides is 1. The number of nitrogens with one attached hydrogen (secondary N) is 2. The number of aryl methyl sites for hydroxylation is 3. The Labute approximate surface area is 191 Å². The van der Waals surface area contributed by atoms with Crippen LogP contribution in [0.2, 0.25) is 0 Å². The van der Waals surface area contributed by atoms with Gasteiger partial charge in [-0.25, -0.2) is 0 Å². The average Bonchev–Trinajstić information content (AvgIpc) is 2.76. The van der Waals surface area contributed by atoms with Crippen LogP contribution in [0.4, 0.5) is 5.69 Å². The molecule has 2 N–H and O–H groups in total. The number of anilines is 1. The van der Waals surface area contributed by atoms with Crippen molar-refractivity contribution in [3.8, 4) is 0 Å². The van der Waals surface area contributed by atoms with Crippen molar-refractivity contribution in [2.24, 2.45) is 5.10 Å². The summed E-state index contributed by atoms with van der Waals surface area (Å²) in [6.07, 6.45) is 0. The third-order valence-electron chi connectivity index (χ3n) is 4.98. The molecule has 0 atom stereocenters. The predicted molar refractivity (Wildman–Crippen MR) is 127 cm³/mol. The Morgan fingerprint density at radius 2 is 1.52 bits per heavy atom. The van der Waals surface area contributed by atoms with Gasteiger partial charge in [-0.3, -0.25) is 4.79 Å². The predicted octanol–water partition coefficient (Wildman–Crippen LogP) is 4.40. The molecular formula is C25H23N3O4S. The Hall–Kier alpha value is -3.91. The molecule has 0 aliphatic heterocycles. The normalized spacial score (nSPS) is 12.0. The Morgan fingerprint density at radius 3 is 2.21 bits per heavy atom. The molecule has 0 radical (unpaired) electrons. The highest BCUT2D eigenvalue weighted by atomic mass is 32.2. The molecule has 8 heteroatoms. The highest BCUT2D eigenvalue weighted by Gasteiger charge is 2.16. The van der Waals surface area contributed by atoms with E-state index in [1.165, 1.54) is 12.1 Å². The number of fused-ring (bicyclic) bond motifs is 1. The zero-order valence-corrected chi connectivity index (χ0v) is 19.2. The molecule has 1 heterocycles. The van der Waals surface area contributed by atoms with E-state index in [1.54, 1.807) is 36.4 Å². The molecule has 0 bridgehead atoms. The molecule has 4 rings (SSSR count). The Bertz CT molecular complexity index is 1500. The lowest BCUT2D eigenvalue weighted by molar-refractivity contribution is 0.102. The maximum absolute atomic E-state index is 13.1. The molecule has 3 aromatic carbocycles. The largest absolute Gasteiger partial charge is 0.436 e. The van der Waals surface area contributed by atoms with Crippen LogP contribution < -0.4 is 15.7 Å². The van der Waals surface area contributed by atoms with Crippen LogP contribution in [0.1, 0.15) is 27.0 Å². The number of para-hydroxylation sites is 1. The summed E-state index contributed by atoms with van der Waals surface area (Å²) in [4.78, 5) is 15.4. The molecule has 168 valence electrons. The number of benzene rings is 3. The summed E-state index contributed by atoms with van der Waals surface area (Å²) >= 11 is 0. The van der Waals surface area contributed by atoms with E-state index in [9.17, 15) is 13.2 Å². The fourth-order valence-electron chi connectivity index (χ4n) is 3.43. The van der Waals surface area contributed by atoms with Gasteiger partial charge in [0.25, 0.3) is 15.9 Å². The van der Waals surface area contributed by atoms with Crippen molar-refractivity contribution in [1.82, 2.24) is 4.83 Å². The number of rotatable bonds is 5. The fraction of sp³-hybridized carbons (Fsp3) is 0.120. The number of nitrogens with zero attached hydrogens (tertiary/aromatic N) is 1. The third-order valence-corrected chi connectivity index (χ3v) is 6.20. The molecule has 0 aliphatic carbocycles. The van der Waals surface area contributed by atoms with Crippen molar-refractivity contribution in [1.29, 1.82) is 0 Å². The number of hydrogen-bond donors (Lipinski definition) is 2. The first kappa shape index (κ1) is 22.3. The minimum Gasteiger partial charge on any atom is -0.436 e. The van der Waals surface area contributed by atoms with Crippen LogP contribution in [0.5, 0.6) is 0 Å². The standard InChI is InChI=1S/C25H23N3O4S/c1-16-8-10-21(11-9-16)33(30,31)28-27-25-22(15-19-6-4-5-7-23(19)32-25)24(29)26-20-13-17(2)12-18(3)14-20/h4-15,28H,1-3H3,(H,26,29)/b27-25-. The van der Waals surface area contributed by atoms with Crippen LogP contribution in [-0.4, -0.2) is 14.3 Å². The van der Waals surface area contributed by atoms with E-state index in [0.29, 0.717) is 16.7 Å². The number of hydrogen-bond acceptors (Lipinski definition) is 5. The minimum absolute atomic E-state index is 0.0545. The first-order chi connectivity index (χ1) is 15.7. The van der Waals surface area contributed by atoms with Gasteiger partial charge in [-0.1, -0.05) is 42.0 Å².